The predicted molar refractivity (Wildman–Crippen MR) is 115 cm³/mol. The maximum atomic E-state index is 13.0. The normalized spacial score (nSPS) is 16.7. The Bertz CT molecular complexity index is 1010. The van der Waals surface area contributed by atoms with Crippen LogP contribution in [0.4, 0.5) is 0 Å². The molecule has 30 heavy (non-hydrogen) atoms. The number of likely N-dealkylation sites (tertiary alicyclic amines) is 1. The number of methoxy groups -OCH3 is 1. The topological polar surface area (TPSA) is 68.5 Å². The van der Waals surface area contributed by atoms with Crippen molar-refractivity contribution in [1.29, 1.82) is 0 Å². The molecule has 6 heteroatoms. The summed E-state index contributed by atoms with van der Waals surface area (Å²) in [6.07, 6.45) is 1.83. The molecule has 1 aliphatic heterocycles. The molecule has 1 amide bonds. The molecule has 1 saturated heterocycles. The molecule has 0 radical (unpaired) electrons. The van der Waals surface area contributed by atoms with Gasteiger partial charge in [0.15, 0.2) is 0 Å². The molecule has 0 aliphatic carbocycles. The van der Waals surface area contributed by atoms with Gasteiger partial charge in [0.25, 0.3) is 5.91 Å². The molecule has 0 bridgehead atoms. The zero-order chi connectivity index (χ0) is 21.1. The SMILES string of the molecule is COc1cccc(C(=O)N2CCC[C@H](c3nc(-c4ccc(C(C)C)cc4)no3)C2)c1. The number of hydrogen-bond acceptors (Lipinski definition) is 5. The van der Waals surface area contributed by atoms with Crippen molar-refractivity contribution in [3.8, 4) is 17.1 Å². The summed E-state index contributed by atoms with van der Waals surface area (Å²) in [5, 5.41) is 4.18. The molecule has 6 nitrogen and oxygen atoms in total. The fraction of sp³-hybridized carbons (Fsp3) is 0.375. The van der Waals surface area contributed by atoms with Crippen LogP contribution in [0.15, 0.2) is 53.1 Å². The van der Waals surface area contributed by atoms with Gasteiger partial charge >= 0.3 is 0 Å². The molecule has 1 fully saturated rings. The van der Waals surface area contributed by atoms with Crippen molar-refractivity contribution >= 4 is 5.91 Å². The first kappa shape index (κ1) is 20.1. The van der Waals surface area contributed by atoms with Gasteiger partial charge in [0.05, 0.1) is 13.0 Å². The summed E-state index contributed by atoms with van der Waals surface area (Å²) in [7, 11) is 1.60. The Morgan fingerprint density at radius 3 is 2.73 bits per heavy atom. The van der Waals surface area contributed by atoms with Crippen LogP contribution in [0, 0.1) is 0 Å². The molecule has 1 atom stereocenters. The fourth-order valence-electron chi connectivity index (χ4n) is 3.84. The number of rotatable bonds is 5. The summed E-state index contributed by atoms with van der Waals surface area (Å²) in [4.78, 5) is 19.5. The summed E-state index contributed by atoms with van der Waals surface area (Å²) in [6.45, 7) is 5.64. The van der Waals surface area contributed by atoms with Crippen molar-refractivity contribution < 1.29 is 14.1 Å². The lowest BCUT2D eigenvalue weighted by atomic mass is 9.97. The van der Waals surface area contributed by atoms with E-state index in [0.717, 1.165) is 24.9 Å². The third-order valence-corrected chi connectivity index (χ3v) is 5.65. The summed E-state index contributed by atoms with van der Waals surface area (Å²) >= 11 is 0. The number of benzene rings is 2. The van der Waals surface area contributed by atoms with Crippen LogP contribution in [0.3, 0.4) is 0 Å². The molecule has 2 heterocycles. The van der Waals surface area contributed by atoms with E-state index in [1.807, 2.05) is 35.2 Å². The summed E-state index contributed by atoms with van der Waals surface area (Å²) in [5.74, 6) is 2.40. The van der Waals surface area contributed by atoms with Gasteiger partial charge in [-0.2, -0.15) is 4.98 Å². The third-order valence-electron chi connectivity index (χ3n) is 5.65. The van der Waals surface area contributed by atoms with E-state index in [4.69, 9.17) is 9.26 Å². The first-order chi connectivity index (χ1) is 14.5. The van der Waals surface area contributed by atoms with Gasteiger partial charge in [-0.05, 0) is 42.5 Å². The highest BCUT2D eigenvalue weighted by Gasteiger charge is 2.29. The third kappa shape index (κ3) is 4.22. The van der Waals surface area contributed by atoms with Crippen LogP contribution < -0.4 is 4.74 Å². The number of ether oxygens (including phenoxy) is 1. The molecule has 0 N–H and O–H groups in total. The van der Waals surface area contributed by atoms with Crippen LogP contribution in [0.5, 0.6) is 5.75 Å². The molecular weight excluding hydrogens is 378 g/mol. The summed E-state index contributed by atoms with van der Waals surface area (Å²) in [6, 6.07) is 15.5. The molecule has 1 aromatic heterocycles. The Labute approximate surface area is 176 Å². The maximum absolute atomic E-state index is 13.0. The average Bonchev–Trinajstić information content (AvgIpc) is 3.29. The Hall–Kier alpha value is -3.15. The highest BCUT2D eigenvalue weighted by atomic mass is 16.5. The zero-order valence-electron chi connectivity index (χ0n) is 17.7. The summed E-state index contributed by atoms with van der Waals surface area (Å²) in [5.41, 5.74) is 2.85. The number of nitrogens with zero attached hydrogens (tertiary/aromatic N) is 3. The lowest BCUT2D eigenvalue weighted by Crippen LogP contribution is -2.39. The van der Waals surface area contributed by atoms with Gasteiger partial charge in [-0.1, -0.05) is 49.3 Å². The van der Waals surface area contributed by atoms with E-state index in [2.05, 4.69) is 36.1 Å². The quantitative estimate of drug-likeness (QED) is 0.605. The largest absolute Gasteiger partial charge is 0.497 e. The molecule has 3 aromatic rings. The zero-order valence-corrected chi connectivity index (χ0v) is 17.7. The molecule has 0 spiro atoms. The Morgan fingerprint density at radius 1 is 1.20 bits per heavy atom. The fourth-order valence-corrected chi connectivity index (χ4v) is 3.84. The Kier molecular flexibility index (Phi) is 5.84. The van der Waals surface area contributed by atoms with E-state index in [0.29, 0.717) is 35.5 Å². The highest BCUT2D eigenvalue weighted by molar-refractivity contribution is 5.94. The first-order valence-electron chi connectivity index (χ1n) is 10.4. The minimum atomic E-state index is 0.00242. The standard InChI is InChI=1S/C24H27N3O3/c1-16(2)17-9-11-18(12-10-17)22-25-23(30-26-22)20-7-5-13-27(15-20)24(28)19-6-4-8-21(14-19)29-3/h4,6,8-12,14,16,20H,5,7,13,15H2,1-3H3/t20-/m0/s1. The molecule has 4 rings (SSSR count). The predicted octanol–water partition coefficient (Wildman–Crippen LogP) is 4.89. The minimum Gasteiger partial charge on any atom is -0.497 e. The van der Waals surface area contributed by atoms with Crippen LogP contribution >= 0.6 is 0 Å². The second kappa shape index (κ2) is 8.69. The molecule has 0 unspecified atom stereocenters. The first-order valence-corrected chi connectivity index (χ1v) is 10.4. The number of hydrogen-bond donors (Lipinski definition) is 0. The smallest absolute Gasteiger partial charge is 0.254 e. The average molecular weight is 405 g/mol. The lowest BCUT2D eigenvalue weighted by Gasteiger charge is -2.31. The van der Waals surface area contributed by atoms with Crippen molar-refractivity contribution in [2.75, 3.05) is 20.2 Å². The Morgan fingerprint density at radius 2 is 2.00 bits per heavy atom. The van der Waals surface area contributed by atoms with Gasteiger partial charge in [0.2, 0.25) is 11.7 Å². The van der Waals surface area contributed by atoms with Gasteiger partial charge in [-0.15, -0.1) is 0 Å². The second-order valence-corrected chi connectivity index (χ2v) is 8.06. The van der Waals surface area contributed by atoms with Crippen molar-refractivity contribution in [2.24, 2.45) is 0 Å². The van der Waals surface area contributed by atoms with E-state index < -0.39 is 0 Å². The number of piperidine rings is 1. The van der Waals surface area contributed by atoms with Gasteiger partial charge < -0.3 is 14.2 Å². The monoisotopic (exact) mass is 405 g/mol. The van der Waals surface area contributed by atoms with Crippen LogP contribution in [0.1, 0.15) is 60.3 Å². The van der Waals surface area contributed by atoms with Gasteiger partial charge in [-0.25, -0.2) is 0 Å². The number of amides is 1. The second-order valence-electron chi connectivity index (χ2n) is 8.06. The van der Waals surface area contributed by atoms with E-state index in [1.54, 1.807) is 13.2 Å². The van der Waals surface area contributed by atoms with Gasteiger partial charge in [-0.3, -0.25) is 4.79 Å². The van der Waals surface area contributed by atoms with Crippen molar-refractivity contribution in [1.82, 2.24) is 15.0 Å². The van der Waals surface area contributed by atoms with Crippen LogP contribution in [0.2, 0.25) is 0 Å². The number of carbonyl (C=O) groups is 1. The molecule has 156 valence electrons. The maximum Gasteiger partial charge on any atom is 0.254 e. The van der Waals surface area contributed by atoms with Crippen molar-refractivity contribution in [2.45, 2.75) is 38.5 Å². The number of aromatic nitrogens is 2. The van der Waals surface area contributed by atoms with E-state index >= 15 is 0 Å². The number of carbonyl (C=O) groups excluding carboxylic acids is 1. The molecule has 1 aliphatic rings. The van der Waals surface area contributed by atoms with Gasteiger partial charge in [0.1, 0.15) is 5.75 Å². The minimum absolute atomic E-state index is 0.00242. The molecule has 0 saturated carbocycles. The van der Waals surface area contributed by atoms with E-state index in [9.17, 15) is 4.79 Å². The lowest BCUT2D eigenvalue weighted by molar-refractivity contribution is 0.0695. The molecular formula is C24H27N3O3. The van der Waals surface area contributed by atoms with Crippen LogP contribution in [-0.4, -0.2) is 41.1 Å². The van der Waals surface area contributed by atoms with Crippen molar-refractivity contribution in [3.63, 3.8) is 0 Å². The van der Waals surface area contributed by atoms with Gasteiger partial charge in [0, 0.05) is 24.2 Å². The van der Waals surface area contributed by atoms with E-state index in [1.165, 1.54) is 5.56 Å². The Balaban J connectivity index is 1.48. The van der Waals surface area contributed by atoms with Crippen LogP contribution in [0.25, 0.3) is 11.4 Å². The van der Waals surface area contributed by atoms with Crippen molar-refractivity contribution in [3.05, 3.63) is 65.5 Å². The van der Waals surface area contributed by atoms with E-state index in [-0.39, 0.29) is 11.8 Å². The molecule has 2 aromatic carbocycles. The highest BCUT2D eigenvalue weighted by Crippen LogP contribution is 2.29. The summed E-state index contributed by atoms with van der Waals surface area (Å²) < 4.78 is 10.8. The van der Waals surface area contributed by atoms with Crippen LogP contribution in [-0.2, 0) is 0 Å².